The molecule has 1 saturated heterocycles. The first kappa shape index (κ1) is 9.22. The van der Waals surface area contributed by atoms with Crippen LogP contribution in [0, 0.1) is 5.92 Å². The molecule has 0 bridgehead atoms. The third-order valence-corrected chi connectivity index (χ3v) is 3.42. The maximum atomic E-state index is 3.57. The van der Waals surface area contributed by atoms with Gasteiger partial charge in [0.05, 0.1) is 0 Å². The first-order chi connectivity index (χ1) is 6.36. The Balaban J connectivity index is 1.89. The van der Waals surface area contributed by atoms with Crippen molar-refractivity contribution >= 4 is 15.9 Å². The first-order valence-corrected chi connectivity index (χ1v) is 5.59. The number of benzene rings is 1. The van der Waals surface area contributed by atoms with E-state index in [4.69, 9.17) is 0 Å². The molecule has 1 aromatic rings. The Morgan fingerprint density at radius 3 is 2.69 bits per heavy atom. The number of hydrogen-bond acceptors (Lipinski definition) is 1. The summed E-state index contributed by atoms with van der Waals surface area (Å²) >= 11 is 3.57. The molecule has 1 nitrogen and oxygen atoms in total. The topological polar surface area (TPSA) is 12.0 Å². The van der Waals surface area contributed by atoms with Gasteiger partial charge in [-0.1, -0.05) is 34.1 Å². The maximum Gasteiger partial charge on any atom is 0.0207 e. The van der Waals surface area contributed by atoms with E-state index >= 15 is 0 Å². The second-order valence-electron chi connectivity index (χ2n) is 3.65. The lowest BCUT2D eigenvalue weighted by Crippen LogP contribution is -2.42. The van der Waals surface area contributed by atoms with Crippen molar-refractivity contribution in [3.63, 3.8) is 0 Å². The number of aryl methyl sites for hydroxylation is 1. The normalized spacial score (nSPS) is 17.0. The number of halogens is 1. The molecule has 1 heterocycles. The van der Waals surface area contributed by atoms with Crippen molar-refractivity contribution in [2.24, 2.45) is 5.92 Å². The fourth-order valence-corrected chi connectivity index (χ4v) is 2.10. The maximum absolute atomic E-state index is 3.57. The molecule has 0 spiro atoms. The summed E-state index contributed by atoms with van der Waals surface area (Å²) in [7, 11) is 0. The van der Waals surface area contributed by atoms with Gasteiger partial charge in [0.25, 0.3) is 0 Å². The van der Waals surface area contributed by atoms with Gasteiger partial charge in [-0.2, -0.15) is 0 Å². The number of rotatable bonds is 3. The molecule has 0 atom stereocenters. The average Bonchev–Trinajstić information content (AvgIpc) is 2.05. The van der Waals surface area contributed by atoms with Crippen molar-refractivity contribution in [3.05, 3.63) is 34.3 Å². The van der Waals surface area contributed by atoms with E-state index in [1.807, 2.05) is 0 Å². The molecule has 0 aromatic heterocycles. The highest BCUT2D eigenvalue weighted by molar-refractivity contribution is 9.10. The van der Waals surface area contributed by atoms with Crippen LogP contribution in [-0.2, 0) is 6.42 Å². The molecule has 2 rings (SSSR count). The Bertz CT molecular complexity index is 281. The van der Waals surface area contributed by atoms with Crippen molar-refractivity contribution in [1.82, 2.24) is 5.32 Å². The molecule has 1 fully saturated rings. The highest BCUT2D eigenvalue weighted by Crippen LogP contribution is 2.20. The van der Waals surface area contributed by atoms with Crippen molar-refractivity contribution in [2.45, 2.75) is 12.8 Å². The van der Waals surface area contributed by atoms with Gasteiger partial charge in [-0.05, 0) is 43.5 Å². The fourth-order valence-electron chi connectivity index (χ4n) is 1.61. The molecular weight excluding hydrogens is 226 g/mol. The molecule has 1 aliphatic heterocycles. The number of hydrogen-bond donors (Lipinski definition) is 1. The van der Waals surface area contributed by atoms with Crippen LogP contribution in [0.15, 0.2) is 28.7 Å². The van der Waals surface area contributed by atoms with Crippen molar-refractivity contribution in [3.8, 4) is 0 Å². The minimum Gasteiger partial charge on any atom is -0.316 e. The lowest BCUT2D eigenvalue weighted by Gasteiger charge is -2.27. The van der Waals surface area contributed by atoms with Crippen LogP contribution >= 0.6 is 15.9 Å². The van der Waals surface area contributed by atoms with Crippen LogP contribution in [0.5, 0.6) is 0 Å². The minimum absolute atomic E-state index is 0.909. The summed E-state index contributed by atoms with van der Waals surface area (Å²) in [4.78, 5) is 0. The van der Waals surface area contributed by atoms with Crippen molar-refractivity contribution in [1.29, 1.82) is 0 Å². The smallest absolute Gasteiger partial charge is 0.0207 e. The Hall–Kier alpha value is -0.340. The van der Waals surface area contributed by atoms with E-state index in [0.29, 0.717) is 0 Å². The number of nitrogens with one attached hydrogen (secondary N) is 1. The summed E-state index contributed by atoms with van der Waals surface area (Å²) in [6, 6.07) is 8.50. The monoisotopic (exact) mass is 239 g/mol. The van der Waals surface area contributed by atoms with E-state index < -0.39 is 0 Å². The van der Waals surface area contributed by atoms with E-state index in [2.05, 4.69) is 45.5 Å². The van der Waals surface area contributed by atoms with E-state index in [0.717, 1.165) is 5.92 Å². The van der Waals surface area contributed by atoms with Crippen molar-refractivity contribution < 1.29 is 0 Å². The lowest BCUT2D eigenvalue weighted by molar-refractivity contribution is 0.327. The summed E-state index contributed by atoms with van der Waals surface area (Å²) in [6.07, 6.45) is 2.52. The quantitative estimate of drug-likeness (QED) is 0.856. The highest BCUT2D eigenvalue weighted by Gasteiger charge is 2.16. The molecule has 0 unspecified atom stereocenters. The van der Waals surface area contributed by atoms with Crippen LogP contribution in [0.3, 0.4) is 0 Å². The molecular formula is C11H14BrN. The first-order valence-electron chi connectivity index (χ1n) is 4.80. The molecule has 13 heavy (non-hydrogen) atoms. The van der Waals surface area contributed by atoms with Gasteiger partial charge in [0.2, 0.25) is 0 Å². The van der Waals surface area contributed by atoms with Crippen molar-refractivity contribution in [2.75, 3.05) is 13.1 Å². The summed E-state index contributed by atoms with van der Waals surface area (Å²) in [5.41, 5.74) is 1.44. The van der Waals surface area contributed by atoms with Crippen LogP contribution in [0.1, 0.15) is 12.0 Å². The van der Waals surface area contributed by atoms with E-state index in [-0.39, 0.29) is 0 Å². The fraction of sp³-hybridized carbons (Fsp3) is 0.455. The van der Waals surface area contributed by atoms with Gasteiger partial charge in [0, 0.05) is 4.47 Å². The standard InChI is InChI=1S/C11H14BrN/c12-11-4-2-1-3-10(11)6-5-9-7-13-8-9/h1-4,9,13H,5-8H2. The van der Waals surface area contributed by atoms with Gasteiger partial charge in [-0.3, -0.25) is 0 Å². The highest BCUT2D eigenvalue weighted by atomic mass is 79.9. The SMILES string of the molecule is Brc1ccccc1CCC1CNC1. The summed E-state index contributed by atoms with van der Waals surface area (Å²) in [5.74, 6) is 0.909. The third kappa shape index (κ3) is 2.32. The minimum atomic E-state index is 0.909. The zero-order valence-electron chi connectivity index (χ0n) is 7.59. The van der Waals surface area contributed by atoms with E-state index in [9.17, 15) is 0 Å². The van der Waals surface area contributed by atoms with Crippen LogP contribution in [0.4, 0.5) is 0 Å². The van der Waals surface area contributed by atoms with Gasteiger partial charge in [0.1, 0.15) is 0 Å². The molecule has 0 saturated carbocycles. The van der Waals surface area contributed by atoms with Crippen LogP contribution < -0.4 is 5.32 Å². The molecule has 0 radical (unpaired) electrons. The zero-order chi connectivity index (χ0) is 9.10. The Morgan fingerprint density at radius 1 is 1.31 bits per heavy atom. The molecule has 1 N–H and O–H groups in total. The third-order valence-electron chi connectivity index (χ3n) is 2.65. The molecule has 1 aliphatic rings. The summed E-state index contributed by atoms with van der Waals surface area (Å²) in [5, 5.41) is 3.30. The summed E-state index contributed by atoms with van der Waals surface area (Å²) in [6.45, 7) is 2.43. The van der Waals surface area contributed by atoms with Gasteiger partial charge < -0.3 is 5.32 Å². The van der Waals surface area contributed by atoms with Gasteiger partial charge >= 0.3 is 0 Å². The van der Waals surface area contributed by atoms with Crippen LogP contribution in [0.2, 0.25) is 0 Å². The summed E-state index contributed by atoms with van der Waals surface area (Å²) < 4.78 is 1.25. The van der Waals surface area contributed by atoms with Crippen LogP contribution in [0.25, 0.3) is 0 Å². The van der Waals surface area contributed by atoms with Gasteiger partial charge in [-0.25, -0.2) is 0 Å². The molecule has 0 amide bonds. The lowest BCUT2D eigenvalue weighted by atomic mass is 9.95. The predicted molar refractivity (Wildman–Crippen MR) is 58.8 cm³/mol. The Kier molecular flexibility index (Phi) is 3.01. The van der Waals surface area contributed by atoms with Crippen LogP contribution in [-0.4, -0.2) is 13.1 Å². The Labute approximate surface area is 87.7 Å². The molecule has 70 valence electrons. The van der Waals surface area contributed by atoms with E-state index in [1.165, 1.54) is 36.0 Å². The second kappa shape index (κ2) is 4.25. The zero-order valence-corrected chi connectivity index (χ0v) is 9.18. The second-order valence-corrected chi connectivity index (χ2v) is 4.51. The predicted octanol–water partition coefficient (Wildman–Crippen LogP) is 2.60. The largest absolute Gasteiger partial charge is 0.316 e. The Morgan fingerprint density at radius 2 is 2.08 bits per heavy atom. The molecule has 2 heteroatoms. The van der Waals surface area contributed by atoms with Gasteiger partial charge in [0.15, 0.2) is 0 Å². The molecule has 1 aromatic carbocycles. The van der Waals surface area contributed by atoms with Gasteiger partial charge in [-0.15, -0.1) is 0 Å². The van der Waals surface area contributed by atoms with E-state index in [1.54, 1.807) is 0 Å². The average molecular weight is 240 g/mol. The molecule has 0 aliphatic carbocycles.